The molecule has 0 amide bonds. The predicted octanol–water partition coefficient (Wildman–Crippen LogP) is 4.15. The van der Waals surface area contributed by atoms with Crippen molar-refractivity contribution in [1.82, 2.24) is 4.57 Å². The number of aromatic nitrogens is 1. The van der Waals surface area contributed by atoms with Gasteiger partial charge in [0.05, 0.1) is 5.52 Å². The van der Waals surface area contributed by atoms with E-state index in [0.717, 1.165) is 21.7 Å². The van der Waals surface area contributed by atoms with Gasteiger partial charge in [-0.2, -0.15) is 0 Å². The Balaban J connectivity index is 2.47. The molecule has 0 aliphatic heterocycles. The average molecular weight is 273 g/mol. The summed E-state index contributed by atoms with van der Waals surface area (Å²) >= 11 is 0. The van der Waals surface area contributed by atoms with Crippen molar-refractivity contribution in [2.75, 3.05) is 0 Å². The Bertz CT molecular complexity index is 1070. The van der Waals surface area contributed by atoms with Gasteiger partial charge in [0.25, 0.3) is 5.56 Å². The number of rotatable bonds is 0. The summed E-state index contributed by atoms with van der Waals surface area (Å²) in [6, 6.07) is 18.4. The molecule has 3 aromatic carbocycles. The Labute approximate surface area is 122 Å². The zero-order valence-electron chi connectivity index (χ0n) is 12.1. The van der Waals surface area contributed by atoms with E-state index >= 15 is 0 Å². The lowest BCUT2D eigenvalue weighted by atomic mass is 9.97. The van der Waals surface area contributed by atoms with Gasteiger partial charge in [-0.15, -0.1) is 0 Å². The van der Waals surface area contributed by atoms with Crippen LogP contribution in [0.2, 0.25) is 0 Å². The molecule has 1 heterocycles. The first-order valence-electron chi connectivity index (χ1n) is 7.08. The molecule has 2 nitrogen and oxygen atoms in total. The highest BCUT2D eigenvalue weighted by atomic mass is 16.1. The van der Waals surface area contributed by atoms with Gasteiger partial charge in [0, 0.05) is 17.8 Å². The fraction of sp³-hybridized carbons (Fsp3) is 0.105. The van der Waals surface area contributed by atoms with Crippen LogP contribution in [0.25, 0.3) is 32.4 Å². The van der Waals surface area contributed by atoms with Crippen LogP contribution in [0, 0.1) is 6.92 Å². The van der Waals surface area contributed by atoms with E-state index < -0.39 is 0 Å². The van der Waals surface area contributed by atoms with Gasteiger partial charge < -0.3 is 4.57 Å². The van der Waals surface area contributed by atoms with Gasteiger partial charge in [0.2, 0.25) is 0 Å². The maximum Gasteiger partial charge on any atom is 0.258 e. The number of fused-ring (bicyclic) bond motifs is 5. The second kappa shape index (κ2) is 4.19. The van der Waals surface area contributed by atoms with Crippen molar-refractivity contribution >= 4 is 32.4 Å². The van der Waals surface area contributed by atoms with E-state index in [-0.39, 0.29) is 5.56 Å². The Morgan fingerprint density at radius 1 is 0.810 bits per heavy atom. The van der Waals surface area contributed by atoms with E-state index in [1.165, 1.54) is 16.3 Å². The minimum absolute atomic E-state index is 0.0628. The summed E-state index contributed by atoms with van der Waals surface area (Å²) in [7, 11) is 1.85. The van der Waals surface area contributed by atoms with Crippen LogP contribution in [-0.2, 0) is 7.05 Å². The van der Waals surface area contributed by atoms with Gasteiger partial charge in [0.15, 0.2) is 0 Å². The lowest BCUT2D eigenvalue weighted by molar-refractivity contribution is 0.918. The van der Waals surface area contributed by atoms with E-state index in [0.29, 0.717) is 0 Å². The van der Waals surface area contributed by atoms with Crippen LogP contribution in [0.1, 0.15) is 5.56 Å². The second-order valence-electron chi connectivity index (χ2n) is 5.54. The Morgan fingerprint density at radius 3 is 2.00 bits per heavy atom. The summed E-state index contributed by atoms with van der Waals surface area (Å²) in [4.78, 5) is 12.6. The first-order valence-corrected chi connectivity index (χ1v) is 7.08. The standard InChI is InChI=1S/C19H15NO/c1-12-11-17-18(14-8-4-3-7-13(12)14)15-9-5-6-10-16(15)19(21)20(17)2/h3-11H,1-2H3. The maximum atomic E-state index is 12.6. The smallest absolute Gasteiger partial charge is 0.258 e. The SMILES string of the molecule is Cc1cc2c(c3ccccc13)c1ccccc1c(=O)n2C. The molecule has 0 unspecified atom stereocenters. The lowest BCUT2D eigenvalue weighted by Crippen LogP contribution is -2.17. The highest BCUT2D eigenvalue weighted by molar-refractivity contribution is 6.19. The van der Waals surface area contributed by atoms with Gasteiger partial charge >= 0.3 is 0 Å². The summed E-state index contributed by atoms with van der Waals surface area (Å²) in [6.07, 6.45) is 0. The van der Waals surface area contributed by atoms with Crippen molar-refractivity contribution in [3.8, 4) is 0 Å². The molecule has 4 aromatic rings. The molecule has 21 heavy (non-hydrogen) atoms. The fourth-order valence-corrected chi connectivity index (χ4v) is 3.26. The molecule has 0 radical (unpaired) electrons. The molecule has 0 N–H and O–H groups in total. The molecular formula is C19H15NO. The molecule has 4 rings (SSSR count). The average Bonchev–Trinajstić information content (AvgIpc) is 2.53. The fourth-order valence-electron chi connectivity index (χ4n) is 3.26. The first-order chi connectivity index (χ1) is 10.2. The van der Waals surface area contributed by atoms with Gasteiger partial charge in [0.1, 0.15) is 0 Å². The van der Waals surface area contributed by atoms with Crippen LogP contribution in [-0.4, -0.2) is 4.57 Å². The highest BCUT2D eigenvalue weighted by Gasteiger charge is 2.12. The van der Waals surface area contributed by atoms with Crippen molar-refractivity contribution in [2.45, 2.75) is 6.92 Å². The summed E-state index contributed by atoms with van der Waals surface area (Å²) in [5.41, 5.74) is 2.26. The Kier molecular flexibility index (Phi) is 2.43. The topological polar surface area (TPSA) is 22.0 Å². The van der Waals surface area contributed by atoms with Crippen molar-refractivity contribution in [2.24, 2.45) is 7.05 Å². The van der Waals surface area contributed by atoms with Gasteiger partial charge in [-0.05, 0) is 40.8 Å². The van der Waals surface area contributed by atoms with Gasteiger partial charge in [-0.25, -0.2) is 0 Å². The monoisotopic (exact) mass is 273 g/mol. The van der Waals surface area contributed by atoms with Gasteiger partial charge in [-0.3, -0.25) is 4.79 Å². The van der Waals surface area contributed by atoms with E-state index in [4.69, 9.17) is 0 Å². The summed E-state index contributed by atoms with van der Waals surface area (Å²) in [5, 5.41) is 5.43. The molecule has 2 heteroatoms. The molecule has 0 fully saturated rings. The third kappa shape index (κ3) is 1.56. The van der Waals surface area contributed by atoms with Crippen LogP contribution in [0.4, 0.5) is 0 Å². The largest absolute Gasteiger partial charge is 0.311 e. The third-order valence-corrected chi connectivity index (χ3v) is 4.32. The van der Waals surface area contributed by atoms with Crippen LogP contribution in [0.15, 0.2) is 59.4 Å². The number of nitrogens with zero attached hydrogens (tertiary/aromatic N) is 1. The Morgan fingerprint density at radius 2 is 1.33 bits per heavy atom. The zero-order chi connectivity index (χ0) is 14.6. The van der Waals surface area contributed by atoms with Crippen LogP contribution in [0.5, 0.6) is 0 Å². The van der Waals surface area contributed by atoms with Crippen molar-refractivity contribution in [3.05, 3.63) is 70.5 Å². The molecule has 1 aromatic heterocycles. The normalized spacial score (nSPS) is 11.5. The Hall–Kier alpha value is -2.61. The molecule has 102 valence electrons. The van der Waals surface area contributed by atoms with E-state index in [9.17, 15) is 4.79 Å². The molecule has 0 bridgehead atoms. The minimum Gasteiger partial charge on any atom is -0.311 e. The maximum absolute atomic E-state index is 12.6. The van der Waals surface area contributed by atoms with Crippen LogP contribution in [0.3, 0.4) is 0 Å². The van der Waals surface area contributed by atoms with Gasteiger partial charge in [-0.1, -0.05) is 42.5 Å². The summed E-state index contributed by atoms with van der Waals surface area (Å²) in [6.45, 7) is 2.10. The third-order valence-electron chi connectivity index (χ3n) is 4.32. The van der Waals surface area contributed by atoms with E-state index in [2.05, 4.69) is 37.3 Å². The quantitative estimate of drug-likeness (QED) is 0.441. The molecular weight excluding hydrogens is 258 g/mol. The summed E-state index contributed by atoms with van der Waals surface area (Å²) in [5.74, 6) is 0. The molecule has 0 spiro atoms. The lowest BCUT2D eigenvalue weighted by Gasteiger charge is -2.13. The van der Waals surface area contributed by atoms with E-state index in [1.54, 1.807) is 4.57 Å². The minimum atomic E-state index is 0.0628. The number of pyridine rings is 1. The van der Waals surface area contributed by atoms with Crippen molar-refractivity contribution < 1.29 is 0 Å². The number of hydrogen-bond donors (Lipinski definition) is 0. The number of aryl methyl sites for hydroxylation is 2. The predicted molar refractivity (Wildman–Crippen MR) is 88.9 cm³/mol. The molecule has 0 aliphatic carbocycles. The number of benzene rings is 3. The molecule has 0 atom stereocenters. The second-order valence-corrected chi connectivity index (χ2v) is 5.54. The first kappa shape index (κ1) is 12.2. The summed E-state index contributed by atoms with van der Waals surface area (Å²) < 4.78 is 1.76. The molecule has 0 saturated heterocycles. The zero-order valence-corrected chi connectivity index (χ0v) is 12.1. The van der Waals surface area contributed by atoms with Crippen LogP contribution < -0.4 is 5.56 Å². The molecule has 0 aliphatic rings. The molecule has 0 saturated carbocycles. The number of hydrogen-bond acceptors (Lipinski definition) is 1. The van der Waals surface area contributed by atoms with Crippen molar-refractivity contribution in [1.29, 1.82) is 0 Å². The highest BCUT2D eigenvalue weighted by Crippen LogP contribution is 2.32. The van der Waals surface area contributed by atoms with Crippen molar-refractivity contribution in [3.63, 3.8) is 0 Å². The van der Waals surface area contributed by atoms with E-state index in [1.807, 2.05) is 31.3 Å². The van der Waals surface area contributed by atoms with Crippen LogP contribution >= 0.6 is 0 Å².